The van der Waals surface area contributed by atoms with Crippen LogP contribution in [0.1, 0.15) is 0 Å². The number of rotatable bonds is 7. The van der Waals surface area contributed by atoms with E-state index in [2.05, 4.69) is 0 Å². The zero-order valence-electron chi connectivity index (χ0n) is 9.75. The van der Waals surface area contributed by atoms with Crippen molar-refractivity contribution in [2.24, 2.45) is 0 Å². The molecule has 0 aliphatic carbocycles. The van der Waals surface area contributed by atoms with Gasteiger partial charge < -0.3 is 20.4 Å². The largest absolute Gasteiger partial charge is 0.872 e. The molecule has 0 aliphatic heterocycles. The lowest BCUT2D eigenvalue weighted by atomic mass is 10.2. The van der Waals surface area contributed by atoms with Crippen molar-refractivity contribution in [1.29, 1.82) is 0 Å². The molecule has 0 unspecified atom stereocenters. The molecule has 5 nitrogen and oxygen atoms in total. The molecule has 0 radical (unpaired) electrons. The second kappa shape index (κ2) is 6.56. The summed E-state index contributed by atoms with van der Waals surface area (Å²) < 4.78 is 0.282. The average molecular weight is 241 g/mol. The summed E-state index contributed by atoms with van der Waals surface area (Å²) >= 11 is 0. The van der Waals surface area contributed by atoms with Gasteiger partial charge in [0.15, 0.2) is 0 Å². The minimum atomic E-state index is -0.0798. The van der Waals surface area contributed by atoms with Crippen LogP contribution in [0, 0.1) is 0 Å². The summed E-state index contributed by atoms with van der Waals surface area (Å²) in [6.07, 6.45) is 0. The van der Waals surface area contributed by atoms with E-state index in [1.54, 1.807) is 12.1 Å². The molecule has 1 aromatic rings. The molecule has 1 rings (SSSR count). The van der Waals surface area contributed by atoms with Crippen LogP contribution in [0.25, 0.3) is 0 Å². The van der Waals surface area contributed by atoms with Crippen molar-refractivity contribution in [2.45, 2.75) is 0 Å². The fourth-order valence-corrected chi connectivity index (χ4v) is 2.06. The van der Waals surface area contributed by atoms with Crippen LogP contribution in [0.15, 0.2) is 24.3 Å². The molecule has 0 aromatic heterocycles. The Balaban J connectivity index is 3.04. The minimum Gasteiger partial charge on any atom is -0.872 e. The van der Waals surface area contributed by atoms with Crippen molar-refractivity contribution < 1.29 is 20.4 Å². The topological polar surface area (TPSA) is 83.8 Å². The Bertz CT molecular complexity index is 309. The van der Waals surface area contributed by atoms with Crippen molar-refractivity contribution in [3.05, 3.63) is 24.3 Å². The molecule has 0 bridgehead atoms. The summed E-state index contributed by atoms with van der Waals surface area (Å²) in [5, 5.41) is 38.5. The summed E-state index contributed by atoms with van der Waals surface area (Å²) in [7, 11) is 0. The van der Waals surface area contributed by atoms with Gasteiger partial charge >= 0.3 is 0 Å². The molecule has 3 N–H and O–H groups in total. The Morgan fingerprint density at radius 3 is 1.59 bits per heavy atom. The van der Waals surface area contributed by atoms with Crippen molar-refractivity contribution in [3.63, 3.8) is 0 Å². The van der Waals surface area contributed by atoms with Gasteiger partial charge in [-0.15, -0.1) is 5.75 Å². The van der Waals surface area contributed by atoms with Crippen LogP contribution in [0.5, 0.6) is 5.75 Å². The fourth-order valence-electron chi connectivity index (χ4n) is 2.06. The quantitative estimate of drug-likeness (QED) is 0.537. The SMILES string of the molecule is [O-]c1ccc([N+](CCO)(CCO)CCO)cc1. The van der Waals surface area contributed by atoms with E-state index < -0.39 is 0 Å². The highest BCUT2D eigenvalue weighted by atomic mass is 16.3. The molecule has 0 fully saturated rings. The Morgan fingerprint density at radius 1 is 0.824 bits per heavy atom. The Hall–Kier alpha value is -1.14. The molecular weight excluding hydrogens is 222 g/mol. The highest BCUT2D eigenvalue weighted by Crippen LogP contribution is 2.24. The van der Waals surface area contributed by atoms with Crippen molar-refractivity contribution in [2.75, 3.05) is 39.5 Å². The van der Waals surface area contributed by atoms with E-state index in [0.717, 1.165) is 5.69 Å². The summed E-state index contributed by atoms with van der Waals surface area (Å²) in [4.78, 5) is 0. The van der Waals surface area contributed by atoms with Crippen molar-refractivity contribution in [3.8, 4) is 5.75 Å². The molecule has 0 saturated carbocycles. The van der Waals surface area contributed by atoms with Crippen LogP contribution in [-0.2, 0) is 0 Å². The van der Waals surface area contributed by atoms with Gasteiger partial charge in [0.25, 0.3) is 0 Å². The first kappa shape index (κ1) is 13.9. The molecule has 96 valence electrons. The molecule has 0 saturated heterocycles. The number of quaternary nitrogens is 1. The third kappa shape index (κ3) is 3.41. The molecule has 1 aromatic carbocycles. The maximum absolute atomic E-state index is 11.1. The molecule has 0 amide bonds. The van der Waals surface area contributed by atoms with Crippen LogP contribution >= 0.6 is 0 Å². The Kier molecular flexibility index (Phi) is 5.37. The monoisotopic (exact) mass is 241 g/mol. The molecule has 0 atom stereocenters. The van der Waals surface area contributed by atoms with Crippen molar-refractivity contribution >= 4 is 5.69 Å². The van der Waals surface area contributed by atoms with Crippen molar-refractivity contribution in [1.82, 2.24) is 4.48 Å². The molecule has 5 heteroatoms. The first-order valence-electron chi connectivity index (χ1n) is 5.65. The van der Waals surface area contributed by atoms with Crippen LogP contribution in [0.4, 0.5) is 5.69 Å². The van der Waals surface area contributed by atoms with E-state index in [4.69, 9.17) is 15.3 Å². The van der Waals surface area contributed by atoms with E-state index in [-0.39, 0.29) is 30.1 Å². The molecule has 0 heterocycles. The predicted molar refractivity (Wildman–Crippen MR) is 63.5 cm³/mol. The van der Waals surface area contributed by atoms with Gasteiger partial charge in [0.2, 0.25) is 0 Å². The lowest BCUT2D eigenvalue weighted by molar-refractivity contribution is -0.268. The second-order valence-electron chi connectivity index (χ2n) is 3.98. The first-order valence-corrected chi connectivity index (χ1v) is 5.65. The Morgan fingerprint density at radius 2 is 1.24 bits per heavy atom. The lowest BCUT2D eigenvalue weighted by Crippen LogP contribution is -2.54. The first-order chi connectivity index (χ1) is 8.18. The summed E-state index contributed by atoms with van der Waals surface area (Å²) in [5.74, 6) is -0.0798. The summed E-state index contributed by atoms with van der Waals surface area (Å²) in [6.45, 7) is 1.08. The number of hydrogen-bond donors (Lipinski definition) is 3. The highest BCUT2D eigenvalue weighted by Gasteiger charge is 2.28. The van der Waals surface area contributed by atoms with Gasteiger partial charge in [0.1, 0.15) is 25.3 Å². The van der Waals surface area contributed by atoms with Crippen LogP contribution in [-0.4, -0.2) is 54.8 Å². The second-order valence-corrected chi connectivity index (χ2v) is 3.98. The minimum absolute atomic E-state index is 0.0425. The standard InChI is InChI=1S/C12H19NO4/c14-8-5-13(6-9-15,7-10-16)11-1-3-12(17)4-2-11/h1-4,14-16H,5-10H2. The van der Waals surface area contributed by atoms with Crippen LogP contribution in [0.3, 0.4) is 0 Å². The molecule has 0 spiro atoms. The highest BCUT2D eigenvalue weighted by molar-refractivity contribution is 5.45. The van der Waals surface area contributed by atoms with Gasteiger partial charge in [-0.25, -0.2) is 0 Å². The smallest absolute Gasteiger partial charge is 0.132 e. The number of nitrogens with zero attached hydrogens (tertiary/aromatic N) is 1. The summed E-state index contributed by atoms with van der Waals surface area (Å²) in [6, 6.07) is 6.27. The Labute approximate surface area is 101 Å². The number of aliphatic hydroxyl groups is 3. The normalized spacial score (nSPS) is 11.7. The molecular formula is C12H19NO4. The van der Waals surface area contributed by atoms with Gasteiger partial charge in [0, 0.05) is 0 Å². The third-order valence-electron chi connectivity index (χ3n) is 2.97. The average Bonchev–Trinajstić information content (AvgIpc) is 2.30. The fraction of sp³-hybridized carbons (Fsp3) is 0.500. The number of aliphatic hydroxyl groups excluding tert-OH is 3. The lowest BCUT2D eigenvalue weighted by Gasteiger charge is -2.37. The molecule has 17 heavy (non-hydrogen) atoms. The van der Waals surface area contributed by atoms with Gasteiger partial charge in [-0.3, -0.25) is 4.48 Å². The predicted octanol–water partition coefficient (Wildman–Crippen LogP) is -0.956. The van der Waals surface area contributed by atoms with Gasteiger partial charge in [0.05, 0.1) is 19.8 Å². The zero-order chi connectivity index (χ0) is 12.7. The van der Waals surface area contributed by atoms with Crippen LogP contribution < -0.4 is 9.59 Å². The number of hydrogen-bond acceptors (Lipinski definition) is 4. The van der Waals surface area contributed by atoms with E-state index in [0.29, 0.717) is 19.6 Å². The van der Waals surface area contributed by atoms with Gasteiger partial charge in [-0.1, -0.05) is 12.1 Å². The third-order valence-corrected chi connectivity index (χ3v) is 2.97. The van der Waals surface area contributed by atoms with Crippen LogP contribution in [0.2, 0.25) is 0 Å². The molecule has 0 aliphatic rings. The number of benzene rings is 1. The van der Waals surface area contributed by atoms with Gasteiger partial charge in [-0.05, 0) is 12.1 Å². The zero-order valence-corrected chi connectivity index (χ0v) is 9.75. The van der Waals surface area contributed by atoms with E-state index >= 15 is 0 Å². The maximum Gasteiger partial charge on any atom is 0.132 e. The van der Waals surface area contributed by atoms with E-state index in [1.807, 2.05) is 0 Å². The maximum atomic E-state index is 11.1. The van der Waals surface area contributed by atoms with Gasteiger partial charge in [-0.2, -0.15) is 0 Å². The van der Waals surface area contributed by atoms with E-state index in [1.165, 1.54) is 12.1 Å². The van der Waals surface area contributed by atoms with E-state index in [9.17, 15) is 5.11 Å². The summed E-state index contributed by atoms with van der Waals surface area (Å²) in [5.41, 5.74) is 0.821.